The monoisotopic (exact) mass is 546 g/mol. The highest BCUT2D eigenvalue weighted by Gasteiger charge is 2.37. The van der Waals surface area contributed by atoms with Crippen LogP contribution in [-0.4, -0.2) is 0 Å². The van der Waals surface area contributed by atoms with Crippen molar-refractivity contribution in [1.82, 2.24) is 0 Å². The van der Waals surface area contributed by atoms with Crippen LogP contribution < -0.4 is 0 Å². The van der Waals surface area contributed by atoms with E-state index in [1.165, 1.54) is 89.1 Å². The summed E-state index contributed by atoms with van der Waals surface area (Å²) in [6, 6.07) is 53.9. The lowest BCUT2D eigenvalue weighted by Gasteiger charge is -2.22. The number of benzene rings is 6. The molecule has 43 heavy (non-hydrogen) atoms. The number of fused-ring (bicyclic) bond motifs is 8. The van der Waals surface area contributed by atoms with E-state index in [9.17, 15) is 0 Å². The molecular formula is C43H30. The van der Waals surface area contributed by atoms with Crippen molar-refractivity contribution < 1.29 is 0 Å². The highest BCUT2D eigenvalue weighted by Crippen LogP contribution is 2.58. The highest BCUT2D eigenvalue weighted by atomic mass is 14.4. The molecule has 6 aromatic rings. The second kappa shape index (κ2) is 8.90. The lowest BCUT2D eigenvalue weighted by Crippen LogP contribution is -2.14. The summed E-state index contributed by atoms with van der Waals surface area (Å²) in [6.07, 6.45) is 0. The Labute approximate surface area is 253 Å². The molecule has 3 aliphatic rings. The van der Waals surface area contributed by atoms with Crippen LogP contribution in [-0.2, 0) is 5.41 Å². The summed E-state index contributed by atoms with van der Waals surface area (Å²) in [5, 5.41) is 0. The Bertz CT molecular complexity index is 2170. The van der Waals surface area contributed by atoms with Gasteiger partial charge in [-0.15, -0.1) is 0 Å². The molecule has 0 atom stereocenters. The summed E-state index contributed by atoms with van der Waals surface area (Å²) in [4.78, 5) is 0. The molecule has 0 radical (unpaired) electrons. The van der Waals surface area contributed by atoms with Gasteiger partial charge in [0.1, 0.15) is 0 Å². The van der Waals surface area contributed by atoms with E-state index < -0.39 is 0 Å². The predicted octanol–water partition coefficient (Wildman–Crippen LogP) is 10.9. The molecule has 0 nitrogen and oxygen atoms in total. The van der Waals surface area contributed by atoms with Crippen molar-refractivity contribution in [1.29, 1.82) is 0 Å². The van der Waals surface area contributed by atoms with E-state index in [1.54, 1.807) is 0 Å². The second-order valence-electron chi connectivity index (χ2n) is 12.5. The first-order valence-electron chi connectivity index (χ1n) is 15.2. The summed E-state index contributed by atoms with van der Waals surface area (Å²) < 4.78 is 0. The number of rotatable bonds is 3. The molecule has 6 aromatic carbocycles. The minimum atomic E-state index is -0.00299. The van der Waals surface area contributed by atoms with Crippen molar-refractivity contribution in [3.05, 3.63) is 190 Å². The van der Waals surface area contributed by atoms with Crippen molar-refractivity contribution in [3.63, 3.8) is 0 Å². The number of hydrogen-bond acceptors (Lipinski definition) is 0. The van der Waals surface area contributed by atoms with Gasteiger partial charge in [-0.25, -0.2) is 0 Å². The van der Waals surface area contributed by atoms with Gasteiger partial charge in [0, 0.05) is 5.41 Å². The zero-order valence-electron chi connectivity index (χ0n) is 24.4. The molecule has 9 rings (SSSR count). The molecule has 0 saturated carbocycles. The fourth-order valence-electron chi connectivity index (χ4n) is 7.81. The Kier molecular flexibility index (Phi) is 5.05. The van der Waals surface area contributed by atoms with Gasteiger partial charge >= 0.3 is 0 Å². The van der Waals surface area contributed by atoms with Gasteiger partial charge in [-0.2, -0.15) is 0 Å². The Balaban J connectivity index is 1.20. The van der Waals surface area contributed by atoms with Crippen molar-refractivity contribution in [3.8, 4) is 22.3 Å². The van der Waals surface area contributed by atoms with Crippen LogP contribution in [0, 0.1) is 0 Å². The first kappa shape index (κ1) is 24.4. The molecule has 0 fully saturated rings. The van der Waals surface area contributed by atoms with E-state index in [1.807, 2.05) is 0 Å². The Morgan fingerprint density at radius 3 is 1.33 bits per heavy atom. The molecule has 0 heteroatoms. The van der Waals surface area contributed by atoms with E-state index in [2.05, 4.69) is 159 Å². The normalized spacial score (nSPS) is 15.2. The molecule has 0 amide bonds. The third-order valence-corrected chi connectivity index (χ3v) is 9.83. The summed E-state index contributed by atoms with van der Waals surface area (Å²) in [5.41, 5.74) is 21.3. The Morgan fingerprint density at radius 2 is 0.721 bits per heavy atom. The average Bonchev–Trinajstić information content (AvgIpc) is 3.65. The maximum atomic E-state index is 2.41. The van der Waals surface area contributed by atoms with E-state index >= 15 is 0 Å². The van der Waals surface area contributed by atoms with Crippen molar-refractivity contribution in [2.24, 2.45) is 0 Å². The van der Waals surface area contributed by atoms with Gasteiger partial charge in [0.15, 0.2) is 0 Å². The zero-order valence-corrected chi connectivity index (χ0v) is 24.4. The van der Waals surface area contributed by atoms with E-state index in [4.69, 9.17) is 0 Å². The van der Waals surface area contributed by atoms with Gasteiger partial charge < -0.3 is 0 Å². The van der Waals surface area contributed by atoms with Gasteiger partial charge in [0.2, 0.25) is 0 Å². The van der Waals surface area contributed by atoms with Crippen LogP contribution >= 0.6 is 0 Å². The van der Waals surface area contributed by atoms with E-state index in [0.29, 0.717) is 0 Å². The van der Waals surface area contributed by atoms with Gasteiger partial charge in [0.25, 0.3) is 0 Å². The van der Waals surface area contributed by atoms with Crippen LogP contribution in [0.4, 0.5) is 0 Å². The van der Waals surface area contributed by atoms with Crippen LogP contribution in [0.2, 0.25) is 0 Å². The largest absolute Gasteiger partial charge is 0.0622 e. The topological polar surface area (TPSA) is 0 Å². The fraction of sp³-hybridized carbons (Fsp3) is 0.0698. The van der Waals surface area contributed by atoms with Crippen molar-refractivity contribution >= 4 is 22.3 Å². The van der Waals surface area contributed by atoms with Gasteiger partial charge in [0.05, 0.1) is 0 Å². The van der Waals surface area contributed by atoms with Crippen LogP contribution in [0.15, 0.2) is 146 Å². The molecule has 0 unspecified atom stereocenters. The molecule has 0 bridgehead atoms. The number of allylic oxidation sites excluding steroid dienone is 2. The predicted molar refractivity (Wildman–Crippen MR) is 181 cm³/mol. The Hall–Kier alpha value is -5.20. The summed E-state index contributed by atoms with van der Waals surface area (Å²) in [6.45, 7) is 4.70. The Morgan fingerprint density at radius 1 is 0.302 bits per heavy atom. The van der Waals surface area contributed by atoms with Gasteiger partial charge in [-0.3, -0.25) is 0 Å². The third kappa shape index (κ3) is 3.38. The first-order valence-corrected chi connectivity index (χ1v) is 15.2. The van der Waals surface area contributed by atoms with Crippen molar-refractivity contribution in [2.45, 2.75) is 19.3 Å². The summed E-state index contributed by atoms with van der Waals surface area (Å²) in [7, 11) is 0. The molecule has 0 aromatic heterocycles. The summed E-state index contributed by atoms with van der Waals surface area (Å²) >= 11 is 0. The van der Waals surface area contributed by atoms with Gasteiger partial charge in [-0.05, 0) is 95.1 Å². The van der Waals surface area contributed by atoms with Crippen LogP contribution in [0.3, 0.4) is 0 Å². The highest BCUT2D eigenvalue weighted by molar-refractivity contribution is 6.35. The quantitative estimate of drug-likeness (QED) is 0.207. The molecule has 202 valence electrons. The molecule has 0 heterocycles. The van der Waals surface area contributed by atoms with Crippen LogP contribution in [0.5, 0.6) is 0 Å². The van der Waals surface area contributed by atoms with Crippen LogP contribution in [0.1, 0.15) is 58.4 Å². The lowest BCUT2D eigenvalue weighted by molar-refractivity contribution is 0.660. The van der Waals surface area contributed by atoms with Crippen molar-refractivity contribution in [2.75, 3.05) is 0 Å². The van der Waals surface area contributed by atoms with Gasteiger partial charge in [-0.1, -0.05) is 153 Å². The molecule has 0 saturated heterocycles. The summed E-state index contributed by atoms with van der Waals surface area (Å²) in [5.74, 6) is 0. The SMILES string of the molecule is CC1(C)c2ccccc2-c2ccc(-c3ccc(C4=C5C(=C(c6ccccc6)c6ccccc65)c5ccccc54)cc3)cc21. The maximum absolute atomic E-state index is 2.41. The third-order valence-electron chi connectivity index (χ3n) is 9.83. The molecule has 0 N–H and O–H groups in total. The van der Waals surface area contributed by atoms with E-state index in [-0.39, 0.29) is 5.41 Å². The average molecular weight is 547 g/mol. The zero-order chi connectivity index (χ0) is 28.7. The minimum absolute atomic E-state index is 0.00299. The first-order chi connectivity index (χ1) is 21.1. The molecule has 0 spiro atoms. The fourth-order valence-corrected chi connectivity index (χ4v) is 7.81. The minimum Gasteiger partial charge on any atom is -0.0622 e. The van der Waals surface area contributed by atoms with E-state index in [0.717, 1.165) is 0 Å². The smallest absolute Gasteiger partial charge is 0.0159 e. The van der Waals surface area contributed by atoms with Crippen LogP contribution in [0.25, 0.3) is 44.5 Å². The maximum Gasteiger partial charge on any atom is 0.0159 e. The molecule has 0 aliphatic heterocycles. The standard InChI is InChI=1S/C43H30/c1-43(2)37-19-11-10-14-31(37)32-25-24-30(26-38(32)43)27-20-22-29(23-21-27)40-34-16-7-9-18-36(34)41-39(28-12-4-3-5-13-28)33-15-6-8-17-35(33)42(40)41/h3-26H,1-2H3. The molecule has 3 aliphatic carbocycles. The lowest BCUT2D eigenvalue weighted by atomic mass is 9.81. The molecular weight excluding hydrogens is 516 g/mol. The second-order valence-corrected chi connectivity index (χ2v) is 12.5. The number of hydrogen-bond donors (Lipinski definition) is 0.